The van der Waals surface area contributed by atoms with Crippen molar-refractivity contribution in [3.8, 4) is 0 Å². The van der Waals surface area contributed by atoms with Crippen molar-refractivity contribution in [2.45, 2.75) is 59.8 Å². The summed E-state index contributed by atoms with van der Waals surface area (Å²) >= 11 is 0. The molecule has 0 aromatic rings. The van der Waals surface area contributed by atoms with Crippen molar-refractivity contribution >= 4 is 5.78 Å². The molecule has 1 nitrogen and oxygen atoms in total. The molecule has 1 aliphatic rings. The Morgan fingerprint density at radius 1 is 1.07 bits per heavy atom. The van der Waals surface area contributed by atoms with E-state index in [1.807, 2.05) is 13.8 Å². The highest BCUT2D eigenvalue weighted by atomic mass is 16.1. The Bertz CT molecular complexity index is 197. The summed E-state index contributed by atoms with van der Waals surface area (Å²) in [5.74, 6) is 3.12. The molecule has 0 N–H and O–H groups in total. The number of hydrogen-bond acceptors (Lipinski definition) is 1. The van der Waals surface area contributed by atoms with Crippen LogP contribution >= 0.6 is 0 Å². The molecule has 0 spiro atoms. The summed E-state index contributed by atoms with van der Waals surface area (Å²) in [7, 11) is 0. The van der Waals surface area contributed by atoms with Crippen molar-refractivity contribution in [2.75, 3.05) is 0 Å². The molecule has 0 bridgehead atoms. The number of rotatable bonds is 4. The van der Waals surface area contributed by atoms with Crippen LogP contribution in [0.25, 0.3) is 0 Å². The van der Waals surface area contributed by atoms with Gasteiger partial charge >= 0.3 is 0 Å². The molecule has 0 unspecified atom stereocenters. The van der Waals surface area contributed by atoms with Crippen molar-refractivity contribution < 1.29 is 4.79 Å². The molecule has 1 saturated carbocycles. The van der Waals surface area contributed by atoms with Crippen LogP contribution in [0.15, 0.2) is 0 Å². The first-order valence-corrected chi connectivity index (χ1v) is 6.53. The van der Waals surface area contributed by atoms with Crippen molar-refractivity contribution in [1.29, 1.82) is 0 Å². The topological polar surface area (TPSA) is 17.1 Å². The molecule has 15 heavy (non-hydrogen) atoms. The van der Waals surface area contributed by atoms with Gasteiger partial charge < -0.3 is 0 Å². The Hall–Kier alpha value is -0.330. The number of carbonyl (C=O) groups excluding carboxylic acids is 1. The van der Waals surface area contributed by atoms with Gasteiger partial charge in [-0.2, -0.15) is 0 Å². The predicted octanol–water partition coefficient (Wildman–Crippen LogP) is 4.06. The van der Waals surface area contributed by atoms with Gasteiger partial charge in [-0.15, -0.1) is 0 Å². The van der Waals surface area contributed by atoms with E-state index in [0.717, 1.165) is 18.3 Å². The molecule has 88 valence electrons. The Labute approximate surface area is 94.6 Å². The van der Waals surface area contributed by atoms with Gasteiger partial charge in [0, 0.05) is 12.3 Å². The van der Waals surface area contributed by atoms with E-state index in [1.54, 1.807) is 0 Å². The summed E-state index contributed by atoms with van der Waals surface area (Å²) in [6.45, 7) is 8.68. The first kappa shape index (κ1) is 12.7. The van der Waals surface area contributed by atoms with Gasteiger partial charge in [-0.3, -0.25) is 4.79 Å². The third kappa shape index (κ3) is 3.96. The summed E-state index contributed by atoms with van der Waals surface area (Å²) in [4.78, 5) is 11.6. The van der Waals surface area contributed by atoms with E-state index in [2.05, 4.69) is 13.8 Å². The lowest BCUT2D eigenvalue weighted by atomic mass is 9.75. The average molecular weight is 210 g/mol. The molecule has 0 aromatic carbocycles. The highest BCUT2D eigenvalue weighted by molar-refractivity contribution is 5.80. The Balaban J connectivity index is 2.29. The van der Waals surface area contributed by atoms with Gasteiger partial charge in [0.15, 0.2) is 0 Å². The lowest BCUT2D eigenvalue weighted by Gasteiger charge is -2.30. The van der Waals surface area contributed by atoms with Crippen molar-refractivity contribution in [3.05, 3.63) is 0 Å². The molecule has 0 aromatic heterocycles. The zero-order valence-electron chi connectivity index (χ0n) is 10.8. The molecule has 0 saturated heterocycles. The van der Waals surface area contributed by atoms with Crippen LogP contribution < -0.4 is 0 Å². The van der Waals surface area contributed by atoms with Gasteiger partial charge in [0.05, 0.1) is 0 Å². The van der Waals surface area contributed by atoms with Crippen LogP contribution in [-0.2, 0) is 4.79 Å². The van der Waals surface area contributed by atoms with Crippen LogP contribution in [-0.4, -0.2) is 5.78 Å². The first-order valence-electron chi connectivity index (χ1n) is 6.53. The molecule has 0 amide bonds. The molecule has 0 aliphatic heterocycles. The fraction of sp³-hybridized carbons (Fsp3) is 0.929. The smallest absolute Gasteiger partial charge is 0.135 e. The van der Waals surface area contributed by atoms with E-state index in [1.165, 1.54) is 25.7 Å². The van der Waals surface area contributed by atoms with Crippen LogP contribution in [0.2, 0.25) is 0 Å². The summed E-state index contributed by atoms with van der Waals surface area (Å²) in [5.41, 5.74) is 0. The molecule has 1 heteroatoms. The van der Waals surface area contributed by atoms with Crippen molar-refractivity contribution in [1.82, 2.24) is 0 Å². The summed E-state index contributed by atoms with van der Waals surface area (Å²) < 4.78 is 0. The quantitative estimate of drug-likeness (QED) is 0.683. The van der Waals surface area contributed by atoms with Crippen LogP contribution in [0.3, 0.4) is 0 Å². The van der Waals surface area contributed by atoms with Gasteiger partial charge in [-0.25, -0.2) is 0 Å². The maximum Gasteiger partial charge on any atom is 0.135 e. The maximum absolute atomic E-state index is 11.6. The molecular weight excluding hydrogens is 184 g/mol. The minimum Gasteiger partial charge on any atom is -0.299 e. The highest BCUT2D eigenvalue weighted by Crippen LogP contribution is 2.35. The molecule has 1 rings (SSSR count). The van der Waals surface area contributed by atoms with E-state index in [4.69, 9.17) is 0 Å². The molecular formula is C14H26O. The molecule has 1 fully saturated rings. The van der Waals surface area contributed by atoms with E-state index in [9.17, 15) is 4.79 Å². The standard InChI is InChI=1S/C14H26O/c1-10(2)13-7-5-12(6-8-13)9-14(15)11(3)4/h10-13H,5-9H2,1-4H3. The van der Waals surface area contributed by atoms with E-state index in [0.29, 0.717) is 11.7 Å². The molecule has 0 atom stereocenters. The second kappa shape index (κ2) is 5.67. The second-order valence-corrected chi connectivity index (χ2v) is 5.85. The van der Waals surface area contributed by atoms with E-state index in [-0.39, 0.29) is 5.92 Å². The van der Waals surface area contributed by atoms with Gasteiger partial charge in [0.2, 0.25) is 0 Å². The zero-order valence-corrected chi connectivity index (χ0v) is 10.8. The van der Waals surface area contributed by atoms with E-state index < -0.39 is 0 Å². The summed E-state index contributed by atoms with van der Waals surface area (Å²) in [5, 5.41) is 0. The normalized spacial score (nSPS) is 27.3. The predicted molar refractivity (Wildman–Crippen MR) is 64.7 cm³/mol. The Morgan fingerprint density at radius 3 is 2.00 bits per heavy atom. The monoisotopic (exact) mass is 210 g/mol. The number of Topliss-reactive ketones (excluding diaryl/α,β-unsaturated/α-hetero) is 1. The van der Waals surface area contributed by atoms with Gasteiger partial charge in [-0.05, 0) is 43.4 Å². The van der Waals surface area contributed by atoms with E-state index >= 15 is 0 Å². The average Bonchev–Trinajstić information content (AvgIpc) is 2.18. The number of hydrogen-bond donors (Lipinski definition) is 0. The molecule has 1 aliphatic carbocycles. The minimum absolute atomic E-state index is 0.229. The van der Waals surface area contributed by atoms with Gasteiger partial charge in [-0.1, -0.05) is 27.7 Å². The third-order valence-corrected chi connectivity index (χ3v) is 3.97. The fourth-order valence-corrected chi connectivity index (χ4v) is 2.58. The first-order chi connectivity index (χ1) is 7.00. The maximum atomic E-state index is 11.6. The van der Waals surface area contributed by atoms with Gasteiger partial charge in [0.25, 0.3) is 0 Å². The Kier molecular flexibility index (Phi) is 4.82. The minimum atomic E-state index is 0.229. The number of ketones is 1. The van der Waals surface area contributed by atoms with Crippen molar-refractivity contribution in [3.63, 3.8) is 0 Å². The highest BCUT2D eigenvalue weighted by Gasteiger charge is 2.25. The second-order valence-electron chi connectivity index (χ2n) is 5.85. The lowest BCUT2D eigenvalue weighted by molar-refractivity contribution is -0.123. The largest absolute Gasteiger partial charge is 0.299 e. The number of carbonyl (C=O) groups is 1. The third-order valence-electron chi connectivity index (χ3n) is 3.97. The van der Waals surface area contributed by atoms with Crippen molar-refractivity contribution in [2.24, 2.45) is 23.7 Å². The van der Waals surface area contributed by atoms with Crippen LogP contribution in [0, 0.1) is 23.7 Å². The fourth-order valence-electron chi connectivity index (χ4n) is 2.58. The Morgan fingerprint density at radius 2 is 1.60 bits per heavy atom. The van der Waals surface area contributed by atoms with Gasteiger partial charge in [0.1, 0.15) is 5.78 Å². The van der Waals surface area contributed by atoms with Crippen LogP contribution in [0.4, 0.5) is 0 Å². The van der Waals surface area contributed by atoms with Crippen LogP contribution in [0.1, 0.15) is 59.8 Å². The van der Waals surface area contributed by atoms with Crippen LogP contribution in [0.5, 0.6) is 0 Å². The zero-order chi connectivity index (χ0) is 11.4. The SMILES string of the molecule is CC(C)C(=O)CC1CCC(C(C)C)CC1. The molecule has 0 heterocycles. The summed E-state index contributed by atoms with van der Waals surface area (Å²) in [6.07, 6.45) is 6.08. The summed E-state index contributed by atoms with van der Waals surface area (Å²) in [6, 6.07) is 0. The molecule has 0 radical (unpaired) electrons. The lowest BCUT2D eigenvalue weighted by Crippen LogP contribution is -2.21.